The molecule has 4 aliphatic rings. The number of nitrogens with zero attached hydrogens (tertiary/aromatic N) is 1. The summed E-state index contributed by atoms with van der Waals surface area (Å²) >= 11 is 0. The normalized spacial score (nSPS) is 45.4. The van der Waals surface area contributed by atoms with Crippen molar-refractivity contribution >= 4 is 0 Å². The van der Waals surface area contributed by atoms with Gasteiger partial charge in [0, 0.05) is 31.2 Å². The van der Waals surface area contributed by atoms with Crippen LogP contribution >= 0.6 is 0 Å². The van der Waals surface area contributed by atoms with E-state index in [1.807, 2.05) is 0 Å². The van der Waals surface area contributed by atoms with Crippen LogP contribution in [0.25, 0.3) is 0 Å². The van der Waals surface area contributed by atoms with E-state index in [-0.39, 0.29) is 0 Å². The predicted molar refractivity (Wildman–Crippen MR) is 95.8 cm³/mol. The summed E-state index contributed by atoms with van der Waals surface area (Å²) in [7, 11) is 2.22. The topological polar surface area (TPSA) is 60.6 Å². The Bertz CT molecular complexity index is 409. The SMILES string of the molecule is CN1CCCNC2CCC3NNC(C4CNCC(C4)OCC1)C3C2. The lowest BCUT2D eigenvalue weighted by Crippen LogP contribution is -2.51. The Morgan fingerprint density at radius 1 is 1.04 bits per heavy atom. The van der Waals surface area contributed by atoms with Crippen molar-refractivity contribution in [2.24, 2.45) is 11.8 Å². The van der Waals surface area contributed by atoms with Gasteiger partial charge >= 0.3 is 0 Å². The molecule has 3 saturated heterocycles. The third kappa shape index (κ3) is 3.94. The molecule has 4 rings (SSSR count). The number of piperidine rings is 1. The largest absolute Gasteiger partial charge is 0.376 e. The monoisotopic (exact) mass is 337 g/mol. The number of hydrogen-bond donors (Lipinski definition) is 4. The van der Waals surface area contributed by atoms with E-state index in [1.165, 1.54) is 32.1 Å². The fraction of sp³-hybridized carbons (Fsp3) is 1.00. The van der Waals surface area contributed by atoms with E-state index in [0.29, 0.717) is 30.1 Å². The molecule has 0 radical (unpaired) electrons. The minimum absolute atomic E-state index is 0.376. The van der Waals surface area contributed by atoms with Crippen LogP contribution in [0.3, 0.4) is 0 Å². The summed E-state index contributed by atoms with van der Waals surface area (Å²) in [6, 6.07) is 1.96. The molecular formula is C18H35N5O. The average Bonchev–Trinajstić information content (AvgIpc) is 3.01. The predicted octanol–water partition coefficient (Wildman–Crippen LogP) is -0.0801. The van der Waals surface area contributed by atoms with Crippen LogP contribution in [0.15, 0.2) is 0 Å². The van der Waals surface area contributed by atoms with Crippen molar-refractivity contribution in [3.63, 3.8) is 0 Å². The van der Waals surface area contributed by atoms with Gasteiger partial charge in [0.25, 0.3) is 0 Å². The van der Waals surface area contributed by atoms with Crippen LogP contribution in [0, 0.1) is 11.8 Å². The highest BCUT2D eigenvalue weighted by molar-refractivity contribution is 5.01. The maximum atomic E-state index is 6.20. The summed E-state index contributed by atoms with van der Waals surface area (Å²) in [6.07, 6.45) is 6.72. The summed E-state index contributed by atoms with van der Waals surface area (Å²) in [4.78, 5) is 2.41. The summed E-state index contributed by atoms with van der Waals surface area (Å²) in [5.74, 6) is 1.43. The Kier molecular flexibility index (Phi) is 5.71. The highest BCUT2D eigenvalue weighted by Gasteiger charge is 2.44. The molecule has 6 atom stereocenters. The summed E-state index contributed by atoms with van der Waals surface area (Å²) < 4.78 is 6.20. The van der Waals surface area contributed by atoms with E-state index in [9.17, 15) is 0 Å². The van der Waals surface area contributed by atoms with Gasteiger partial charge in [-0.15, -0.1) is 0 Å². The quantitative estimate of drug-likeness (QED) is 0.496. The molecular weight excluding hydrogens is 302 g/mol. The Morgan fingerprint density at radius 3 is 2.96 bits per heavy atom. The van der Waals surface area contributed by atoms with E-state index < -0.39 is 0 Å². The first-order chi connectivity index (χ1) is 11.8. The number of ether oxygens (including phenoxy) is 1. The fourth-order valence-corrected chi connectivity index (χ4v) is 5.22. The number of hydrogen-bond acceptors (Lipinski definition) is 6. The minimum Gasteiger partial charge on any atom is -0.376 e. The van der Waals surface area contributed by atoms with Gasteiger partial charge < -0.3 is 20.3 Å². The van der Waals surface area contributed by atoms with Crippen LogP contribution in [0.1, 0.15) is 32.1 Å². The molecule has 6 heteroatoms. The molecule has 3 aliphatic heterocycles. The van der Waals surface area contributed by atoms with E-state index in [1.54, 1.807) is 0 Å². The smallest absolute Gasteiger partial charge is 0.0703 e. The van der Waals surface area contributed by atoms with Gasteiger partial charge in [-0.05, 0) is 70.6 Å². The average molecular weight is 338 g/mol. The van der Waals surface area contributed by atoms with Gasteiger partial charge in [-0.2, -0.15) is 0 Å². The number of rotatable bonds is 0. The molecule has 24 heavy (non-hydrogen) atoms. The van der Waals surface area contributed by atoms with Gasteiger partial charge in [-0.25, -0.2) is 0 Å². The zero-order valence-electron chi connectivity index (χ0n) is 15.1. The van der Waals surface area contributed by atoms with Crippen LogP contribution in [-0.2, 0) is 4.74 Å². The van der Waals surface area contributed by atoms with Crippen LogP contribution in [-0.4, -0.2) is 75.5 Å². The second-order valence-electron chi connectivity index (χ2n) is 8.35. The van der Waals surface area contributed by atoms with E-state index >= 15 is 0 Å². The molecule has 0 aromatic rings. The molecule has 6 unspecified atom stereocenters. The molecule has 1 aliphatic carbocycles. The van der Waals surface area contributed by atoms with Crippen LogP contribution in [0.4, 0.5) is 0 Å². The van der Waals surface area contributed by atoms with Crippen molar-refractivity contribution in [1.82, 2.24) is 26.4 Å². The minimum atomic E-state index is 0.376. The van der Waals surface area contributed by atoms with E-state index in [2.05, 4.69) is 33.4 Å². The second kappa shape index (κ2) is 7.98. The fourth-order valence-electron chi connectivity index (χ4n) is 5.22. The zero-order valence-corrected chi connectivity index (χ0v) is 15.1. The van der Waals surface area contributed by atoms with Gasteiger partial charge in [0.1, 0.15) is 0 Å². The zero-order chi connectivity index (χ0) is 16.4. The second-order valence-corrected chi connectivity index (χ2v) is 8.35. The van der Waals surface area contributed by atoms with Gasteiger partial charge in [0.15, 0.2) is 0 Å². The van der Waals surface area contributed by atoms with E-state index in [4.69, 9.17) is 4.74 Å². The van der Waals surface area contributed by atoms with Gasteiger partial charge in [0.2, 0.25) is 0 Å². The van der Waals surface area contributed by atoms with Crippen molar-refractivity contribution in [2.75, 3.05) is 46.4 Å². The number of hydrazine groups is 1. The van der Waals surface area contributed by atoms with Crippen molar-refractivity contribution in [1.29, 1.82) is 0 Å². The Balaban J connectivity index is 1.45. The first-order valence-corrected chi connectivity index (χ1v) is 10.0. The van der Waals surface area contributed by atoms with E-state index in [0.717, 1.165) is 45.2 Å². The number of fused-ring (bicyclic) bond motifs is 4. The lowest BCUT2D eigenvalue weighted by molar-refractivity contribution is 0.00644. The van der Waals surface area contributed by atoms with Crippen LogP contribution < -0.4 is 21.5 Å². The van der Waals surface area contributed by atoms with Gasteiger partial charge in [-0.1, -0.05) is 0 Å². The van der Waals surface area contributed by atoms with Gasteiger partial charge in [-0.3, -0.25) is 10.9 Å². The summed E-state index contributed by atoms with van der Waals surface area (Å²) in [6.45, 7) is 6.34. The molecule has 0 aromatic heterocycles. The Labute approximate surface area is 146 Å². The van der Waals surface area contributed by atoms with Crippen molar-refractivity contribution in [2.45, 2.75) is 56.3 Å². The van der Waals surface area contributed by atoms with Crippen molar-refractivity contribution < 1.29 is 4.74 Å². The molecule has 6 nitrogen and oxygen atoms in total. The lowest BCUT2D eigenvalue weighted by Gasteiger charge is -2.39. The molecule has 4 bridgehead atoms. The first-order valence-electron chi connectivity index (χ1n) is 10.0. The lowest BCUT2D eigenvalue weighted by atomic mass is 9.74. The Hall–Kier alpha value is -0.240. The van der Waals surface area contributed by atoms with Crippen molar-refractivity contribution in [3.8, 4) is 0 Å². The highest BCUT2D eigenvalue weighted by Crippen LogP contribution is 2.35. The standard InChI is InChI=1S/C18H35N5O/c1-23-6-2-5-20-14-3-4-17-16(10-14)18(22-21-17)13-9-15(12-19-11-13)24-8-7-23/h13-22H,2-12H2,1H3. The number of nitrogens with one attached hydrogen (secondary N) is 4. The maximum absolute atomic E-state index is 6.20. The third-order valence-electron chi connectivity index (χ3n) is 6.62. The summed E-state index contributed by atoms with van der Waals surface area (Å²) in [5, 5.41) is 7.46. The third-order valence-corrected chi connectivity index (χ3v) is 6.62. The molecule has 0 aromatic carbocycles. The van der Waals surface area contributed by atoms with Crippen molar-refractivity contribution in [3.05, 3.63) is 0 Å². The molecule has 1 saturated carbocycles. The highest BCUT2D eigenvalue weighted by atomic mass is 16.5. The molecule has 4 fully saturated rings. The molecule has 0 spiro atoms. The van der Waals surface area contributed by atoms with Crippen LogP contribution in [0.5, 0.6) is 0 Å². The molecule has 0 amide bonds. The molecule has 138 valence electrons. The van der Waals surface area contributed by atoms with Gasteiger partial charge in [0.05, 0.1) is 12.7 Å². The van der Waals surface area contributed by atoms with Crippen LogP contribution in [0.2, 0.25) is 0 Å². The summed E-state index contributed by atoms with van der Waals surface area (Å²) in [5.41, 5.74) is 7.26. The molecule has 4 N–H and O–H groups in total. The molecule has 3 heterocycles. The Morgan fingerprint density at radius 2 is 2.00 bits per heavy atom. The number of likely N-dealkylation sites (N-methyl/N-ethyl adjacent to an activating group) is 1. The maximum Gasteiger partial charge on any atom is 0.0703 e. The first kappa shape index (κ1) is 17.2.